The lowest BCUT2D eigenvalue weighted by atomic mass is 9.93. The standard InChI is InChI=1S/C22H19N3O6/c26-19-13-5-1-2-6-14(13)20(27)23(19)12-9-10-17(18(11-12)25(30)31)24-21(28)15-7-3-4-8-16(15)22(24)29/h9-11H,1-8H2. The maximum Gasteiger partial charge on any atom is 0.295 e. The maximum absolute atomic E-state index is 12.8. The van der Waals surface area contributed by atoms with E-state index in [1.165, 1.54) is 12.1 Å². The molecule has 9 heteroatoms. The van der Waals surface area contributed by atoms with Crippen LogP contribution in [-0.4, -0.2) is 28.6 Å². The number of rotatable bonds is 3. The molecular formula is C22H19N3O6. The smallest absolute Gasteiger partial charge is 0.269 e. The van der Waals surface area contributed by atoms with Crippen molar-refractivity contribution in [3.05, 3.63) is 50.6 Å². The van der Waals surface area contributed by atoms with Crippen LogP contribution in [0.4, 0.5) is 17.1 Å². The van der Waals surface area contributed by atoms with Gasteiger partial charge >= 0.3 is 0 Å². The molecule has 0 N–H and O–H groups in total. The van der Waals surface area contributed by atoms with Crippen LogP contribution >= 0.6 is 0 Å². The van der Waals surface area contributed by atoms with Gasteiger partial charge in [0.05, 0.1) is 10.6 Å². The van der Waals surface area contributed by atoms with Crippen LogP contribution in [0.3, 0.4) is 0 Å². The van der Waals surface area contributed by atoms with Crippen LogP contribution in [0.5, 0.6) is 0 Å². The van der Waals surface area contributed by atoms with Crippen LogP contribution in [0.15, 0.2) is 40.5 Å². The topological polar surface area (TPSA) is 118 Å². The number of carbonyl (C=O) groups excluding carboxylic acids is 4. The number of imide groups is 2. The largest absolute Gasteiger partial charge is 0.295 e. The molecule has 1 aromatic rings. The number of carbonyl (C=O) groups is 4. The van der Waals surface area contributed by atoms with E-state index in [0.717, 1.165) is 41.5 Å². The van der Waals surface area contributed by atoms with Crippen LogP contribution in [-0.2, 0) is 19.2 Å². The monoisotopic (exact) mass is 421 g/mol. The summed E-state index contributed by atoms with van der Waals surface area (Å²) in [4.78, 5) is 64.2. The molecule has 4 amide bonds. The second kappa shape index (κ2) is 6.97. The van der Waals surface area contributed by atoms with Crippen molar-refractivity contribution in [1.82, 2.24) is 0 Å². The molecule has 1 aromatic carbocycles. The van der Waals surface area contributed by atoms with Gasteiger partial charge in [-0.1, -0.05) is 0 Å². The minimum atomic E-state index is -0.699. The van der Waals surface area contributed by atoms with Crippen LogP contribution in [0.2, 0.25) is 0 Å². The Morgan fingerprint density at radius 1 is 0.677 bits per heavy atom. The highest BCUT2D eigenvalue weighted by molar-refractivity contribution is 6.35. The molecule has 158 valence electrons. The summed E-state index contributed by atoms with van der Waals surface area (Å²) in [5.74, 6) is -1.96. The average Bonchev–Trinajstić information content (AvgIpc) is 3.18. The fourth-order valence-corrected chi connectivity index (χ4v) is 4.92. The number of hydrogen-bond acceptors (Lipinski definition) is 6. The number of nitrogens with zero attached hydrogens (tertiary/aromatic N) is 3. The molecule has 0 saturated carbocycles. The van der Waals surface area contributed by atoms with Crippen molar-refractivity contribution in [3.63, 3.8) is 0 Å². The number of benzene rings is 1. The predicted octanol–water partition coefficient (Wildman–Crippen LogP) is 3.08. The van der Waals surface area contributed by atoms with E-state index in [0.29, 0.717) is 48.0 Å². The molecule has 0 radical (unpaired) electrons. The number of nitro benzene ring substituents is 1. The van der Waals surface area contributed by atoms with Crippen molar-refractivity contribution in [1.29, 1.82) is 0 Å². The van der Waals surface area contributed by atoms with Gasteiger partial charge in [0.15, 0.2) is 0 Å². The zero-order valence-electron chi connectivity index (χ0n) is 16.7. The second-order valence-corrected chi connectivity index (χ2v) is 8.15. The minimum absolute atomic E-state index is 0.0664. The van der Waals surface area contributed by atoms with E-state index >= 15 is 0 Å². The van der Waals surface area contributed by atoms with Crippen molar-refractivity contribution in [2.45, 2.75) is 51.4 Å². The molecule has 0 aromatic heterocycles. The van der Waals surface area contributed by atoms with Gasteiger partial charge in [0.25, 0.3) is 29.3 Å². The Bertz CT molecular complexity index is 1110. The fraction of sp³-hybridized carbons (Fsp3) is 0.364. The van der Waals surface area contributed by atoms with Gasteiger partial charge in [-0.25, -0.2) is 9.80 Å². The number of hydrogen-bond donors (Lipinski definition) is 0. The lowest BCUT2D eigenvalue weighted by molar-refractivity contribution is -0.384. The van der Waals surface area contributed by atoms with E-state index in [9.17, 15) is 29.3 Å². The third-order valence-electron chi connectivity index (χ3n) is 6.44. The molecule has 0 unspecified atom stereocenters. The van der Waals surface area contributed by atoms with E-state index in [1.54, 1.807) is 0 Å². The molecule has 0 bridgehead atoms. The summed E-state index contributed by atoms with van der Waals surface area (Å²) in [7, 11) is 0. The summed E-state index contributed by atoms with van der Waals surface area (Å²) in [6.45, 7) is 0. The van der Waals surface area contributed by atoms with Gasteiger partial charge in [-0.05, 0) is 63.5 Å². The summed E-state index contributed by atoms with van der Waals surface area (Å²) in [6, 6.07) is 3.76. The maximum atomic E-state index is 12.8. The Kier molecular flexibility index (Phi) is 4.35. The lowest BCUT2D eigenvalue weighted by Crippen LogP contribution is -2.33. The zero-order valence-corrected chi connectivity index (χ0v) is 16.7. The molecule has 31 heavy (non-hydrogen) atoms. The van der Waals surface area contributed by atoms with Gasteiger partial charge < -0.3 is 0 Å². The normalized spacial score (nSPS) is 21.3. The van der Waals surface area contributed by atoms with E-state index in [4.69, 9.17) is 0 Å². The van der Waals surface area contributed by atoms with Gasteiger partial charge in [-0.2, -0.15) is 0 Å². The Balaban J connectivity index is 1.54. The highest BCUT2D eigenvalue weighted by atomic mass is 16.6. The quantitative estimate of drug-likeness (QED) is 0.420. The molecule has 5 rings (SSSR count). The first-order valence-electron chi connectivity index (χ1n) is 10.4. The Hall–Kier alpha value is -3.62. The molecule has 9 nitrogen and oxygen atoms in total. The van der Waals surface area contributed by atoms with Crippen molar-refractivity contribution in [2.75, 3.05) is 9.80 Å². The highest BCUT2D eigenvalue weighted by Crippen LogP contribution is 2.42. The van der Waals surface area contributed by atoms with Crippen molar-refractivity contribution in [3.8, 4) is 0 Å². The van der Waals surface area contributed by atoms with Crippen molar-refractivity contribution in [2.24, 2.45) is 0 Å². The fourth-order valence-electron chi connectivity index (χ4n) is 4.92. The second-order valence-electron chi connectivity index (χ2n) is 8.15. The van der Waals surface area contributed by atoms with Gasteiger partial charge in [0.1, 0.15) is 5.69 Å². The lowest BCUT2D eigenvalue weighted by Gasteiger charge is -2.19. The minimum Gasteiger partial charge on any atom is -0.269 e. The van der Waals surface area contributed by atoms with E-state index in [1.807, 2.05) is 0 Å². The molecule has 4 aliphatic rings. The Labute approximate surface area is 177 Å². The summed E-state index contributed by atoms with van der Waals surface area (Å²) < 4.78 is 0. The number of nitro groups is 1. The van der Waals surface area contributed by atoms with Crippen LogP contribution in [0.1, 0.15) is 51.4 Å². The van der Waals surface area contributed by atoms with Gasteiger partial charge in [-0.3, -0.25) is 29.3 Å². The van der Waals surface area contributed by atoms with Crippen LogP contribution in [0.25, 0.3) is 0 Å². The van der Waals surface area contributed by atoms with E-state index in [-0.39, 0.29) is 11.4 Å². The number of amides is 4. The van der Waals surface area contributed by atoms with E-state index < -0.39 is 34.2 Å². The first-order chi connectivity index (χ1) is 14.9. The molecule has 2 heterocycles. The molecule has 2 aliphatic heterocycles. The van der Waals surface area contributed by atoms with Crippen molar-refractivity contribution >= 4 is 40.7 Å². The molecular weight excluding hydrogens is 402 g/mol. The average molecular weight is 421 g/mol. The third-order valence-corrected chi connectivity index (χ3v) is 6.44. The molecule has 0 saturated heterocycles. The molecule has 0 atom stereocenters. The molecule has 2 aliphatic carbocycles. The summed E-state index contributed by atoms with van der Waals surface area (Å²) in [5, 5.41) is 11.8. The predicted molar refractivity (Wildman–Crippen MR) is 109 cm³/mol. The third kappa shape index (κ3) is 2.76. The summed E-state index contributed by atoms with van der Waals surface area (Å²) in [5.41, 5.74) is 1.23. The van der Waals surface area contributed by atoms with Crippen LogP contribution < -0.4 is 9.80 Å². The van der Waals surface area contributed by atoms with Crippen molar-refractivity contribution < 1.29 is 24.1 Å². The van der Waals surface area contributed by atoms with Gasteiger partial charge in [0.2, 0.25) is 0 Å². The Morgan fingerprint density at radius 2 is 1.10 bits per heavy atom. The SMILES string of the molecule is O=C1C2=C(CCCC2)C(=O)N1c1ccc(N2C(=O)C3=C(CCCC3)C2=O)c([N+](=O)[O-])c1. The first-order valence-corrected chi connectivity index (χ1v) is 10.4. The highest BCUT2D eigenvalue weighted by Gasteiger charge is 2.44. The molecule has 0 fully saturated rings. The summed E-state index contributed by atoms with van der Waals surface area (Å²) in [6.07, 6.45) is 5.23. The van der Waals surface area contributed by atoms with Gasteiger partial charge in [-0.15, -0.1) is 0 Å². The zero-order chi connectivity index (χ0) is 21.9. The van der Waals surface area contributed by atoms with Crippen LogP contribution in [0, 0.1) is 10.1 Å². The van der Waals surface area contributed by atoms with Gasteiger partial charge in [0, 0.05) is 28.4 Å². The first kappa shape index (κ1) is 19.3. The molecule has 0 spiro atoms. The number of anilines is 2. The summed E-state index contributed by atoms with van der Waals surface area (Å²) >= 11 is 0. The van der Waals surface area contributed by atoms with E-state index in [2.05, 4.69) is 0 Å². The Morgan fingerprint density at radius 3 is 1.52 bits per heavy atom.